The molecule has 0 aromatic heterocycles. The molecule has 1 aromatic rings. The lowest BCUT2D eigenvalue weighted by Gasteiger charge is -2.27. The SMILES string of the molecule is COc1cc(C(=O)N2C3CCC2CC(=O)NC3)ccc1OC(F)F. The number of carbonyl (C=O) groups is 2. The Bertz CT molecular complexity index is 653. The summed E-state index contributed by atoms with van der Waals surface area (Å²) in [7, 11) is 1.32. The topological polar surface area (TPSA) is 67.9 Å². The van der Waals surface area contributed by atoms with Gasteiger partial charge in [0.2, 0.25) is 5.91 Å². The smallest absolute Gasteiger partial charge is 0.387 e. The fourth-order valence-corrected chi connectivity index (χ4v) is 3.35. The molecule has 2 aliphatic heterocycles. The van der Waals surface area contributed by atoms with Crippen LogP contribution in [0.3, 0.4) is 0 Å². The van der Waals surface area contributed by atoms with Crippen molar-refractivity contribution in [2.45, 2.75) is 38.0 Å². The zero-order valence-electron chi connectivity index (χ0n) is 13.1. The molecule has 2 fully saturated rings. The second-order valence-corrected chi connectivity index (χ2v) is 5.85. The second-order valence-electron chi connectivity index (χ2n) is 5.85. The molecule has 6 nitrogen and oxygen atoms in total. The van der Waals surface area contributed by atoms with Gasteiger partial charge >= 0.3 is 6.61 Å². The van der Waals surface area contributed by atoms with Crippen molar-refractivity contribution in [1.29, 1.82) is 0 Å². The van der Waals surface area contributed by atoms with E-state index in [1.807, 2.05) is 0 Å². The predicted molar refractivity (Wildman–Crippen MR) is 80.2 cm³/mol. The molecular formula is C16H18F2N2O4. The molecule has 1 aromatic carbocycles. The van der Waals surface area contributed by atoms with Crippen LogP contribution < -0.4 is 14.8 Å². The van der Waals surface area contributed by atoms with E-state index in [9.17, 15) is 18.4 Å². The Labute approximate surface area is 137 Å². The fourth-order valence-electron chi connectivity index (χ4n) is 3.35. The molecule has 0 aliphatic carbocycles. The lowest BCUT2D eigenvalue weighted by molar-refractivity contribution is -0.121. The molecule has 0 saturated carbocycles. The average Bonchev–Trinajstić information content (AvgIpc) is 2.85. The van der Waals surface area contributed by atoms with Gasteiger partial charge in [-0.15, -0.1) is 0 Å². The number of hydrogen-bond donors (Lipinski definition) is 1. The van der Waals surface area contributed by atoms with Crippen LogP contribution in [-0.4, -0.2) is 49.1 Å². The number of hydrogen-bond acceptors (Lipinski definition) is 4. The predicted octanol–water partition coefficient (Wildman–Crippen LogP) is 1.79. The minimum atomic E-state index is -2.97. The van der Waals surface area contributed by atoms with Crippen LogP contribution in [0.25, 0.3) is 0 Å². The van der Waals surface area contributed by atoms with Gasteiger partial charge in [0.1, 0.15) is 0 Å². The summed E-state index contributed by atoms with van der Waals surface area (Å²) in [5.74, 6) is -0.351. The van der Waals surface area contributed by atoms with E-state index >= 15 is 0 Å². The van der Waals surface area contributed by atoms with Gasteiger partial charge in [0.25, 0.3) is 5.91 Å². The highest BCUT2D eigenvalue weighted by Gasteiger charge is 2.40. The molecule has 24 heavy (non-hydrogen) atoms. The van der Waals surface area contributed by atoms with E-state index < -0.39 is 6.61 Å². The van der Waals surface area contributed by atoms with Crippen molar-refractivity contribution in [3.05, 3.63) is 23.8 Å². The number of nitrogens with zero attached hydrogens (tertiary/aromatic N) is 1. The van der Waals surface area contributed by atoms with Gasteiger partial charge in [0.15, 0.2) is 11.5 Å². The van der Waals surface area contributed by atoms with Gasteiger partial charge in [-0.1, -0.05) is 0 Å². The van der Waals surface area contributed by atoms with E-state index in [1.54, 1.807) is 4.90 Å². The van der Waals surface area contributed by atoms with Crippen molar-refractivity contribution in [2.75, 3.05) is 13.7 Å². The molecule has 2 unspecified atom stereocenters. The van der Waals surface area contributed by atoms with Gasteiger partial charge in [-0.05, 0) is 31.0 Å². The molecule has 0 radical (unpaired) electrons. The number of benzene rings is 1. The van der Waals surface area contributed by atoms with E-state index in [2.05, 4.69) is 10.1 Å². The van der Waals surface area contributed by atoms with Crippen molar-refractivity contribution in [2.24, 2.45) is 0 Å². The van der Waals surface area contributed by atoms with Crippen molar-refractivity contribution in [3.8, 4) is 11.5 Å². The van der Waals surface area contributed by atoms with Crippen LogP contribution in [-0.2, 0) is 4.79 Å². The van der Waals surface area contributed by atoms with Gasteiger partial charge in [0.05, 0.1) is 7.11 Å². The first kappa shape index (κ1) is 16.5. The summed E-state index contributed by atoms with van der Waals surface area (Å²) < 4.78 is 34.2. The van der Waals surface area contributed by atoms with Gasteiger partial charge in [-0.25, -0.2) is 0 Å². The third-order valence-corrected chi connectivity index (χ3v) is 4.44. The van der Waals surface area contributed by atoms with Gasteiger partial charge in [0, 0.05) is 30.6 Å². The average molecular weight is 340 g/mol. The van der Waals surface area contributed by atoms with Crippen LogP contribution >= 0.6 is 0 Å². The number of methoxy groups -OCH3 is 1. The number of rotatable bonds is 4. The van der Waals surface area contributed by atoms with E-state index in [4.69, 9.17) is 4.74 Å². The standard InChI is InChI=1S/C16H18F2N2O4/c1-23-13-6-9(2-5-12(13)24-16(17)18)15(22)20-10-3-4-11(20)8-19-14(21)7-10/h2,5-6,10-11,16H,3-4,7-8H2,1H3,(H,19,21). The maximum absolute atomic E-state index is 12.9. The zero-order valence-corrected chi connectivity index (χ0v) is 13.1. The van der Waals surface area contributed by atoms with Crippen molar-refractivity contribution < 1.29 is 27.8 Å². The molecule has 3 rings (SSSR count). The first-order chi connectivity index (χ1) is 11.5. The summed E-state index contributed by atoms with van der Waals surface area (Å²) in [5.41, 5.74) is 0.319. The number of nitrogens with one attached hydrogen (secondary N) is 1. The number of fused-ring (bicyclic) bond motifs is 2. The van der Waals surface area contributed by atoms with Gasteiger partial charge in [-0.2, -0.15) is 8.78 Å². The van der Waals surface area contributed by atoms with Crippen molar-refractivity contribution in [1.82, 2.24) is 10.2 Å². The molecular weight excluding hydrogens is 322 g/mol. The molecule has 2 atom stereocenters. The molecule has 2 bridgehead atoms. The quantitative estimate of drug-likeness (QED) is 0.907. The van der Waals surface area contributed by atoms with E-state index in [0.717, 1.165) is 12.8 Å². The van der Waals surface area contributed by atoms with Crippen LogP contribution in [0, 0.1) is 0 Å². The number of halogens is 2. The molecule has 0 spiro atoms. The minimum Gasteiger partial charge on any atom is -0.493 e. The molecule has 2 amide bonds. The minimum absolute atomic E-state index is 0.0445. The largest absolute Gasteiger partial charge is 0.493 e. The molecule has 2 saturated heterocycles. The van der Waals surface area contributed by atoms with E-state index in [-0.39, 0.29) is 41.8 Å². The highest BCUT2D eigenvalue weighted by molar-refractivity contribution is 5.96. The Hall–Kier alpha value is -2.38. The first-order valence-corrected chi connectivity index (χ1v) is 7.72. The van der Waals surface area contributed by atoms with Crippen molar-refractivity contribution >= 4 is 11.8 Å². The Morgan fingerprint density at radius 3 is 2.75 bits per heavy atom. The summed E-state index contributed by atoms with van der Waals surface area (Å²) in [5, 5.41) is 2.80. The maximum Gasteiger partial charge on any atom is 0.387 e. The first-order valence-electron chi connectivity index (χ1n) is 7.72. The van der Waals surface area contributed by atoms with Crippen LogP contribution in [0.15, 0.2) is 18.2 Å². The van der Waals surface area contributed by atoms with Crippen LogP contribution in [0.4, 0.5) is 8.78 Å². The normalized spacial score (nSPS) is 23.0. The number of ether oxygens (including phenoxy) is 2. The molecule has 2 aliphatic rings. The van der Waals surface area contributed by atoms with Gasteiger partial charge in [-0.3, -0.25) is 9.59 Å². The summed E-state index contributed by atoms with van der Waals surface area (Å²) >= 11 is 0. The third kappa shape index (κ3) is 3.13. The highest BCUT2D eigenvalue weighted by atomic mass is 19.3. The summed E-state index contributed by atoms with van der Waals surface area (Å²) in [6.07, 6.45) is 1.90. The van der Waals surface area contributed by atoms with Crippen LogP contribution in [0.1, 0.15) is 29.6 Å². The van der Waals surface area contributed by atoms with Gasteiger partial charge < -0.3 is 19.7 Å². The maximum atomic E-state index is 12.9. The van der Waals surface area contributed by atoms with Crippen LogP contribution in [0.5, 0.6) is 11.5 Å². The third-order valence-electron chi connectivity index (χ3n) is 4.44. The van der Waals surface area contributed by atoms with Crippen LogP contribution in [0.2, 0.25) is 0 Å². The van der Waals surface area contributed by atoms with Crippen molar-refractivity contribution in [3.63, 3.8) is 0 Å². The lowest BCUT2D eigenvalue weighted by atomic mass is 10.1. The van der Waals surface area contributed by atoms with E-state index in [1.165, 1.54) is 25.3 Å². The molecule has 2 heterocycles. The monoisotopic (exact) mass is 340 g/mol. The summed E-state index contributed by atoms with van der Waals surface area (Å²) in [4.78, 5) is 26.3. The summed E-state index contributed by atoms with van der Waals surface area (Å²) in [6.45, 7) is -2.54. The highest BCUT2D eigenvalue weighted by Crippen LogP contribution is 2.33. The molecule has 130 valence electrons. The van der Waals surface area contributed by atoms with E-state index in [0.29, 0.717) is 12.1 Å². The fraction of sp³-hybridized carbons (Fsp3) is 0.500. The molecule has 1 N–H and O–H groups in total. The lowest BCUT2D eigenvalue weighted by Crippen LogP contribution is -2.42. The zero-order chi connectivity index (χ0) is 17.3. The number of carbonyl (C=O) groups excluding carboxylic acids is 2. The molecule has 8 heteroatoms. The number of alkyl halides is 2. The Kier molecular flexibility index (Phi) is 4.55. The Balaban J connectivity index is 1.86. The summed E-state index contributed by atoms with van der Waals surface area (Å²) in [6, 6.07) is 3.94. The Morgan fingerprint density at radius 2 is 2.04 bits per heavy atom. The number of amides is 2. The second kappa shape index (κ2) is 6.62. The Morgan fingerprint density at radius 1 is 1.29 bits per heavy atom.